The smallest absolute Gasteiger partial charge is 0.258 e. The highest BCUT2D eigenvalue weighted by Gasteiger charge is 2.21. The Bertz CT molecular complexity index is 654. The summed E-state index contributed by atoms with van der Waals surface area (Å²) in [6.07, 6.45) is 4.50. The highest BCUT2D eigenvalue weighted by atomic mass is 16.5. The number of carbonyl (C=O) groups is 1. The summed E-state index contributed by atoms with van der Waals surface area (Å²) in [6, 6.07) is 7.41. The molecular weight excluding hydrogens is 282 g/mol. The number of ether oxygens (including phenoxy) is 2. The Morgan fingerprint density at radius 1 is 1.41 bits per heavy atom. The Morgan fingerprint density at radius 2 is 2.23 bits per heavy atom. The molecule has 1 aliphatic rings. The fourth-order valence-electron chi connectivity index (χ4n) is 2.68. The lowest BCUT2D eigenvalue weighted by molar-refractivity contribution is -0.123. The van der Waals surface area contributed by atoms with Gasteiger partial charge in [-0.1, -0.05) is 12.1 Å². The molecule has 22 heavy (non-hydrogen) atoms. The number of para-hydroxylation sites is 2. The molecule has 6 nitrogen and oxygen atoms in total. The third kappa shape index (κ3) is 3.21. The van der Waals surface area contributed by atoms with Crippen molar-refractivity contribution in [1.29, 1.82) is 0 Å². The van der Waals surface area contributed by atoms with Crippen molar-refractivity contribution < 1.29 is 14.3 Å². The predicted molar refractivity (Wildman–Crippen MR) is 81.0 cm³/mol. The van der Waals surface area contributed by atoms with E-state index in [0.29, 0.717) is 11.5 Å². The van der Waals surface area contributed by atoms with E-state index in [-0.39, 0.29) is 18.6 Å². The van der Waals surface area contributed by atoms with Crippen molar-refractivity contribution in [1.82, 2.24) is 15.5 Å². The van der Waals surface area contributed by atoms with Gasteiger partial charge in [-0.15, -0.1) is 0 Å². The summed E-state index contributed by atoms with van der Waals surface area (Å²) in [5.41, 5.74) is 2.36. The monoisotopic (exact) mass is 301 g/mol. The first kappa shape index (κ1) is 14.4. The molecule has 1 aliphatic carbocycles. The van der Waals surface area contributed by atoms with Crippen molar-refractivity contribution in [3.05, 3.63) is 41.7 Å². The van der Waals surface area contributed by atoms with Crippen LogP contribution in [0.15, 0.2) is 30.5 Å². The fourth-order valence-corrected chi connectivity index (χ4v) is 2.68. The first-order chi connectivity index (χ1) is 10.8. The van der Waals surface area contributed by atoms with Gasteiger partial charge >= 0.3 is 0 Å². The number of nitrogens with zero attached hydrogens (tertiary/aromatic N) is 1. The van der Waals surface area contributed by atoms with Gasteiger partial charge in [-0.05, 0) is 30.5 Å². The van der Waals surface area contributed by atoms with Crippen molar-refractivity contribution in [2.75, 3.05) is 13.7 Å². The van der Waals surface area contributed by atoms with Gasteiger partial charge in [0, 0.05) is 18.2 Å². The van der Waals surface area contributed by atoms with E-state index in [0.717, 1.165) is 25.0 Å². The van der Waals surface area contributed by atoms with Crippen molar-refractivity contribution in [3.63, 3.8) is 0 Å². The van der Waals surface area contributed by atoms with E-state index >= 15 is 0 Å². The van der Waals surface area contributed by atoms with Gasteiger partial charge in [-0.2, -0.15) is 5.10 Å². The zero-order valence-corrected chi connectivity index (χ0v) is 12.5. The minimum absolute atomic E-state index is 0.0211. The number of rotatable bonds is 5. The van der Waals surface area contributed by atoms with Gasteiger partial charge in [-0.25, -0.2) is 0 Å². The Labute approximate surface area is 128 Å². The average molecular weight is 301 g/mol. The summed E-state index contributed by atoms with van der Waals surface area (Å²) in [5, 5.41) is 10.0. The molecule has 0 aliphatic heterocycles. The summed E-state index contributed by atoms with van der Waals surface area (Å²) in [6.45, 7) is -0.0211. The van der Waals surface area contributed by atoms with E-state index in [4.69, 9.17) is 9.47 Å². The fraction of sp³-hybridized carbons (Fsp3) is 0.375. The molecular formula is C16H19N3O3. The highest BCUT2D eigenvalue weighted by molar-refractivity contribution is 5.78. The number of aromatic amines is 1. The molecule has 1 heterocycles. The molecule has 2 N–H and O–H groups in total. The first-order valence-electron chi connectivity index (χ1n) is 7.32. The third-order valence-electron chi connectivity index (χ3n) is 3.81. The number of aryl methyl sites for hydroxylation is 1. The number of carbonyl (C=O) groups excluding carboxylic acids is 1. The molecule has 1 amide bonds. The summed E-state index contributed by atoms with van der Waals surface area (Å²) < 4.78 is 10.7. The molecule has 0 spiro atoms. The molecule has 2 aromatic rings. The van der Waals surface area contributed by atoms with E-state index < -0.39 is 0 Å². The molecule has 1 atom stereocenters. The SMILES string of the molecule is COc1ccccc1OCC(=O)NC1CCc2cn[nH]c2C1. The van der Waals surface area contributed by atoms with Crippen LogP contribution >= 0.6 is 0 Å². The van der Waals surface area contributed by atoms with Crippen LogP contribution in [0.2, 0.25) is 0 Å². The molecule has 1 aromatic heterocycles. The molecule has 1 aromatic carbocycles. The number of fused-ring (bicyclic) bond motifs is 1. The number of benzene rings is 1. The molecule has 116 valence electrons. The molecule has 0 radical (unpaired) electrons. The number of methoxy groups -OCH3 is 1. The minimum Gasteiger partial charge on any atom is -0.493 e. The van der Waals surface area contributed by atoms with Crippen LogP contribution in [0.25, 0.3) is 0 Å². The molecule has 0 saturated carbocycles. The van der Waals surface area contributed by atoms with Crippen LogP contribution in [0.5, 0.6) is 11.5 Å². The number of aromatic nitrogens is 2. The maximum atomic E-state index is 12.0. The zero-order valence-electron chi connectivity index (χ0n) is 12.5. The molecule has 0 bridgehead atoms. The topological polar surface area (TPSA) is 76.2 Å². The number of hydrogen-bond donors (Lipinski definition) is 2. The predicted octanol–water partition coefficient (Wildman–Crippen LogP) is 1.47. The molecule has 6 heteroatoms. The Kier molecular flexibility index (Phi) is 4.27. The van der Waals surface area contributed by atoms with Crippen molar-refractivity contribution in [3.8, 4) is 11.5 Å². The Hall–Kier alpha value is -2.50. The maximum absolute atomic E-state index is 12.0. The molecule has 0 fully saturated rings. The zero-order chi connectivity index (χ0) is 15.4. The molecule has 0 saturated heterocycles. The van der Waals surface area contributed by atoms with Gasteiger partial charge in [0.15, 0.2) is 18.1 Å². The summed E-state index contributed by atoms with van der Waals surface area (Å²) >= 11 is 0. The van der Waals surface area contributed by atoms with Crippen molar-refractivity contribution >= 4 is 5.91 Å². The number of nitrogens with one attached hydrogen (secondary N) is 2. The normalized spacial score (nSPS) is 16.7. The van der Waals surface area contributed by atoms with Gasteiger partial charge < -0.3 is 14.8 Å². The van der Waals surface area contributed by atoms with Crippen molar-refractivity contribution in [2.24, 2.45) is 0 Å². The van der Waals surface area contributed by atoms with Crippen molar-refractivity contribution in [2.45, 2.75) is 25.3 Å². The van der Waals surface area contributed by atoms with Gasteiger partial charge in [0.05, 0.1) is 13.3 Å². The summed E-state index contributed by atoms with van der Waals surface area (Å²) in [5.74, 6) is 1.06. The van der Waals surface area contributed by atoms with Crippen LogP contribution in [0.4, 0.5) is 0 Å². The second kappa shape index (κ2) is 6.51. The van der Waals surface area contributed by atoms with Crippen LogP contribution in [-0.2, 0) is 17.6 Å². The molecule has 3 rings (SSSR count). The van der Waals surface area contributed by atoms with Gasteiger partial charge in [-0.3, -0.25) is 9.89 Å². The van der Waals surface area contributed by atoms with E-state index in [1.165, 1.54) is 5.56 Å². The van der Waals surface area contributed by atoms with Gasteiger partial charge in [0.2, 0.25) is 0 Å². The average Bonchev–Trinajstić information content (AvgIpc) is 3.01. The largest absolute Gasteiger partial charge is 0.493 e. The number of amides is 1. The lowest BCUT2D eigenvalue weighted by Crippen LogP contribution is -2.41. The Balaban J connectivity index is 1.51. The lowest BCUT2D eigenvalue weighted by atomic mass is 9.94. The maximum Gasteiger partial charge on any atom is 0.258 e. The first-order valence-corrected chi connectivity index (χ1v) is 7.32. The second-order valence-electron chi connectivity index (χ2n) is 5.32. The van der Waals surface area contributed by atoms with Crippen LogP contribution in [0.1, 0.15) is 17.7 Å². The van der Waals surface area contributed by atoms with Crippen LogP contribution in [-0.4, -0.2) is 35.9 Å². The number of H-pyrrole nitrogens is 1. The number of hydrogen-bond acceptors (Lipinski definition) is 4. The standard InChI is InChI=1S/C16H19N3O3/c1-21-14-4-2-3-5-15(14)22-10-16(20)18-12-7-6-11-9-17-19-13(11)8-12/h2-5,9,12H,6-8,10H2,1H3,(H,17,19)(H,18,20). The van der Waals surface area contributed by atoms with Crippen LogP contribution in [0, 0.1) is 0 Å². The van der Waals surface area contributed by atoms with E-state index in [9.17, 15) is 4.79 Å². The van der Waals surface area contributed by atoms with Gasteiger partial charge in [0.1, 0.15) is 0 Å². The third-order valence-corrected chi connectivity index (χ3v) is 3.81. The van der Waals surface area contributed by atoms with E-state index in [2.05, 4.69) is 15.5 Å². The van der Waals surface area contributed by atoms with Gasteiger partial charge in [0.25, 0.3) is 5.91 Å². The molecule has 1 unspecified atom stereocenters. The van der Waals surface area contributed by atoms with Crippen LogP contribution < -0.4 is 14.8 Å². The Morgan fingerprint density at radius 3 is 3.05 bits per heavy atom. The second-order valence-corrected chi connectivity index (χ2v) is 5.32. The van der Waals surface area contributed by atoms with Crippen LogP contribution in [0.3, 0.4) is 0 Å². The minimum atomic E-state index is -0.126. The summed E-state index contributed by atoms with van der Waals surface area (Å²) in [7, 11) is 1.58. The lowest BCUT2D eigenvalue weighted by Gasteiger charge is -2.22. The quantitative estimate of drug-likeness (QED) is 0.877. The van der Waals surface area contributed by atoms with E-state index in [1.807, 2.05) is 18.3 Å². The summed E-state index contributed by atoms with van der Waals surface area (Å²) in [4.78, 5) is 12.0. The highest BCUT2D eigenvalue weighted by Crippen LogP contribution is 2.25. The van der Waals surface area contributed by atoms with E-state index in [1.54, 1.807) is 19.2 Å².